The van der Waals surface area contributed by atoms with Crippen LogP contribution in [0.1, 0.15) is 43.5 Å². The fourth-order valence-corrected chi connectivity index (χ4v) is 4.20. The standard InChI is InChI=1S/C19H27FN2O5S/c1-12-6-5-7-17(13(12)2)21-18(23)11-27-19(24)15-10-14(8-9-16(15)20)28(25,26)22(3)4/h8-10,12-13,17H,5-7,11H2,1-4H3,(H,21,23)/t12-,13-,17+/m1/s1. The van der Waals surface area contributed by atoms with Gasteiger partial charge >= 0.3 is 5.97 Å². The second-order valence-electron chi connectivity index (χ2n) is 7.45. The number of carbonyl (C=O) groups excluding carboxylic acids is 2. The SMILES string of the molecule is C[C@@H]1[C@H](C)CCC[C@@H]1NC(=O)COC(=O)c1cc(S(=O)(=O)N(C)C)ccc1F. The van der Waals surface area contributed by atoms with Gasteiger partial charge in [0.05, 0.1) is 10.5 Å². The van der Waals surface area contributed by atoms with Gasteiger partial charge in [-0.05, 0) is 36.5 Å². The second-order valence-corrected chi connectivity index (χ2v) is 9.60. The molecule has 0 aliphatic heterocycles. The van der Waals surface area contributed by atoms with Gasteiger partial charge in [-0.3, -0.25) is 4.79 Å². The topological polar surface area (TPSA) is 92.8 Å². The Kier molecular flexibility index (Phi) is 7.16. The molecule has 1 fully saturated rings. The van der Waals surface area contributed by atoms with Gasteiger partial charge in [0.2, 0.25) is 10.0 Å². The fourth-order valence-electron chi connectivity index (χ4n) is 3.28. The number of rotatable bonds is 6. The van der Waals surface area contributed by atoms with E-state index in [1.165, 1.54) is 14.1 Å². The molecule has 1 aromatic carbocycles. The van der Waals surface area contributed by atoms with Crippen LogP contribution in [0.5, 0.6) is 0 Å². The predicted octanol–water partition coefficient (Wildman–Crippen LogP) is 2.17. The Morgan fingerprint density at radius 1 is 1.25 bits per heavy atom. The van der Waals surface area contributed by atoms with Gasteiger partial charge in [0.1, 0.15) is 5.82 Å². The molecular formula is C19H27FN2O5S. The molecule has 1 N–H and O–H groups in total. The summed E-state index contributed by atoms with van der Waals surface area (Å²) in [6, 6.07) is 2.88. The van der Waals surface area contributed by atoms with Crippen molar-refractivity contribution in [2.45, 2.75) is 44.0 Å². The van der Waals surface area contributed by atoms with Gasteiger partial charge in [-0.1, -0.05) is 26.7 Å². The summed E-state index contributed by atoms with van der Waals surface area (Å²) >= 11 is 0. The lowest BCUT2D eigenvalue weighted by Crippen LogP contribution is -2.45. The third-order valence-corrected chi connectivity index (χ3v) is 7.13. The van der Waals surface area contributed by atoms with Crippen molar-refractivity contribution in [1.82, 2.24) is 9.62 Å². The summed E-state index contributed by atoms with van der Waals surface area (Å²) in [5, 5.41) is 2.86. The molecule has 9 heteroatoms. The maximum absolute atomic E-state index is 14.0. The zero-order valence-electron chi connectivity index (χ0n) is 16.6. The summed E-state index contributed by atoms with van der Waals surface area (Å²) in [7, 11) is -1.18. The molecule has 0 spiro atoms. The molecule has 0 heterocycles. The summed E-state index contributed by atoms with van der Waals surface area (Å²) < 4.78 is 44.1. The Hall–Kier alpha value is -2.00. The van der Waals surface area contributed by atoms with Crippen molar-refractivity contribution < 1.29 is 27.1 Å². The van der Waals surface area contributed by atoms with Gasteiger partial charge in [0.25, 0.3) is 5.91 Å². The maximum atomic E-state index is 14.0. The van der Waals surface area contributed by atoms with Crippen molar-refractivity contribution in [3.8, 4) is 0 Å². The minimum absolute atomic E-state index is 0.0141. The van der Waals surface area contributed by atoms with Gasteiger partial charge in [0, 0.05) is 20.1 Å². The Morgan fingerprint density at radius 2 is 1.93 bits per heavy atom. The number of hydrogen-bond donors (Lipinski definition) is 1. The molecular weight excluding hydrogens is 387 g/mol. The summed E-state index contributed by atoms with van der Waals surface area (Å²) in [4.78, 5) is 24.1. The summed E-state index contributed by atoms with van der Waals surface area (Å²) in [6.07, 6.45) is 3.01. The zero-order valence-corrected chi connectivity index (χ0v) is 17.4. The number of hydrogen-bond acceptors (Lipinski definition) is 5. The van der Waals surface area contributed by atoms with Gasteiger partial charge in [0.15, 0.2) is 6.61 Å². The highest BCUT2D eigenvalue weighted by atomic mass is 32.2. The minimum atomic E-state index is -3.83. The molecule has 156 valence electrons. The van der Waals surface area contributed by atoms with Crippen molar-refractivity contribution in [3.05, 3.63) is 29.6 Å². The number of carbonyl (C=O) groups is 2. The number of nitrogens with zero attached hydrogens (tertiary/aromatic N) is 1. The highest BCUT2D eigenvalue weighted by Crippen LogP contribution is 2.29. The predicted molar refractivity (Wildman–Crippen MR) is 102 cm³/mol. The molecule has 0 saturated heterocycles. The molecule has 0 aromatic heterocycles. The molecule has 7 nitrogen and oxygen atoms in total. The summed E-state index contributed by atoms with van der Waals surface area (Å²) in [5.74, 6) is -1.65. The largest absolute Gasteiger partial charge is 0.452 e. The van der Waals surface area contributed by atoms with E-state index in [2.05, 4.69) is 19.2 Å². The average molecular weight is 414 g/mol. The number of esters is 1. The van der Waals surface area contributed by atoms with Gasteiger partial charge in [-0.25, -0.2) is 21.9 Å². The highest BCUT2D eigenvalue weighted by Gasteiger charge is 2.28. The first-order valence-electron chi connectivity index (χ1n) is 9.22. The molecule has 3 atom stereocenters. The van der Waals surface area contributed by atoms with Crippen LogP contribution in [-0.4, -0.2) is 51.3 Å². The lowest BCUT2D eigenvalue weighted by atomic mass is 9.78. The van der Waals surface area contributed by atoms with Crippen molar-refractivity contribution >= 4 is 21.9 Å². The van der Waals surface area contributed by atoms with Crippen molar-refractivity contribution in [1.29, 1.82) is 0 Å². The van der Waals surface area contributed by atoms with Crippen LogP contribution < -0.4 is 5.32 Å². The van der Waals surface area contributed by atoms with E-state index in [-0.39, 0.29) is 10.9 Å². The number of amides is 1. The molecule has 1 saturated carbocycles. The number of ether oxygens (including phenoxy) is 1. The van der Waals surface area contributed by atoms with E-state index in [0.717, 1.165) is 41.8 Å². The Morgan fingerprint density at radius 3 is 2.57 bits per heavy atom. The molecule has 0 unspecified atom stereocenters. The molecule has 1 aliphatic carbocycles. The van der Waals surface area contributed by atoms with E-state index in [4.69, 9.17) is 4.74 Å². The number of nitrogens with one attached hydrogen (secondary N) is 1. The average Bonchev–Trinajstić information content (AvgIpc) is 2.63. The Bertz CT molecular complexity index is 841. The summed E-state index contributed by atoms with van der Waals surface area (Å²) in [5.41, 5.74) is -0.532. The molecule has 1 aromatic rings. The van der Waals surface area contributed by atoms with Crippen LogP contribution in [-0.2, 0) is 19.6 Å². The molecule has 0 radical (unpaired) electrons. The monoisotopic (exact) mass is 414 g/mol. The highest BCUT2D eigenvalue weighted by molar-refractivity contribution is 7.89. The van der Waals surface area contributed by atoms with E-state index in [9.17, 15) is 22.4 Å². The van der Waals surface area contributed by atoms with E-state index in [0.29, 0.717) is 11.8 Å². The Balaban J connectivity index is 2.02. The fraction of sp³-hybridized carbons (Fsp3) is 0.579. The minimum Gasteiger partial charge on any atom is -0.452 e. The van der Waals surface area contributed by atoms with Crippen LogP contribution >= 0.6 is 0 Å². The van der Waals surface area contributed by atoms with E-state index < -0.39 is 39.9 Å². The third-order valence-electron chi connectivity index (χ3n) is 5.32. The lowest BCUT2D eigenvalue weighted by molar-refractivity contribution is -0.125. The van der Waals surface area contributed by atoms with Crippen LogP contribution in [0.4, 0.5) is 4.39 Å². The molecule has 2 rings (SSSR count). The summed E-state index contributed by atoms with van der Waals surface area (Å²) in [6.45, 7) is 3.66. The molecule has 28 heavy (non-hydrogen) atoms. The van der Waals surface area contributed by atoms with Crippen molar-refractivity contribution in [2.75, 3.05) is 20.7 Å². The molecule has 1 aliphatic rings. The number of benzene rings is 1. The number of halogens is 1. The van der Waals surface area contributed by atoms with Crippen molar-refractivity contribution in [2.24, 2.45) is 11.8 Å². The quantitative estimate of drug-likeness (QED) is 0.720. The van der Waals surface area contributed by atoms with Gasteiger partial charge < -0.3 is 10.1 Å². The van der Waals surface area contributed by atoms with Gasteiger partial charge in [-0.2, -0.15) is 0 Å². The van der Waals surface area contributed by atoms with Crippen LogP contribution in [0.3, 0.4) is 0 Å². The van der Waals surface area contributed by atoms with Crippen LogP contribution in [0.15, 0.2) is 23.1 Å². The smallest absolute Gasteiger partial charge is 0.341 e. The first-order valence-corrected chi connectivity index (χ1v) is 10.7. The van der Waals surface area contributed by atoms with Gasteiger partial charge in [-0.15, -0.1) is 0 Å². The van der Waals surface area contributed by atoms with Crippen LogP contribution in [0.2, 0.25) is 0 Å². The maximum Gasteiger partial charge on any atom is 0.341 e. The first-order chi connectivity index (χ1) is 13.0. The second kappa shape index (κ2) is 9.00. The molecule has 1 amide bonds. The zero-order chi connectivity index (χ0) is 21.1. The van der Waals surface area contributed by atoms with Crippen LogP contribution in [0, 0.1) is 17.7 Å². The molecule has 0 bridgehead atoms. The van der Waals surface area contributed by atoms with Crippen LogP contribution in [0.25, 0.3) is 0 Å². The number of sulfonamides is 1. The van der Waals surface area contributed by atoms with E-state index in [1.54, 1.807) is 0 Å². The lowest BCUT2D eigenvalue weighted by Gasteiger charge is -2.34. The van der Waals surface area contributed by atoms with E-state index >= 15 is 0 Å². The Labute approximate surface area is 165 Å². The normalized spacial score (nSPS) is 22.7. The van der Waals surface area contributed by atoms with Crippen molar-refractivity contribution in [3.63, 3.8) is 0 Å². The third kappa shape index (κ3) is 5.08. The van der Waals surface area contributed by atoms with E-state index in [1.807, 2.05) is 0 Å². The first kappa shape index (κ1) is 22.3.